The van der Waals surface area contributed by atoms with Crippen LogP contribution in [0.5, 0.6) is 0 Å². The molecular weight excluding hydrogens is 314 g/mol. The van der Waals surface area contributed by atoms with E-state index in [0.717, 1.165) is 6.07 Å². The number of nitro benzene ring substituents is 1. The van der Waals surface area contributed by atoms with E-state index in [0.29, 0.717) is 0 Å². The quantitative estimate of drug-likeness (QED) is 0.646. The summed E-state index contributed by atoms with van der Waals surface area (Å²) in [5, 5.41) is 17.0. The maximum absolute atomic E-state index is 12.1. The van der Waals surface area contributed by atoms with Gasteiger partial charge in [-0.3, -0.25) is 24.4 Å². The topological polar surface area (TPSA) is 133 Å². The second kappa shape index (κ2) is 5.82. The van der Waals surface area contributed by atoms with E-state index < -0.39 is 22.4 Å². The first-order chi connectivity index (χ1) is 10.3. The average molecular weight is 324 g/mol. The molecule has 9 nitrogen and oxygen atoms in total. The molecule has 2 rings (SSSR count). The number of nitrogens with one attached hydrogen (secondary N) is 1. The summed E-state index contributed by atoms with van der Waals surface area (Å²) in [6.07, 6.45) is 1.25. The minimum atomic E-state index is -0.766. The third-order valence-electron chi connectivity index (χ3n) is 2.83. The molecule has 0 unspecified atom stereocenters. The van der Waals surface area contributed by atoms with Gasteiger partial charge in [-0.05, 0) is 12.1 Å². The minimum Gasteiger partial charge on any atom is -0.364 e. The average Bonchev–Trinajstić information content (AvgIpc) is 2.79. The second-order valence-corrected chi connectivity index (χ2v) is 4.68. The first kappa shape index (κ1) is 15.4. The van der Waals surface area contributed by atoms with Gasteiger partial charge in [0.15, 0.2) is 0 Å². The predicted octanol–water partition coefficient (Wildman–Crippen LogP) is 1.33. The van der Waals surface area contributed by atoms with Crippen molar-refractivity contribution in [1.29, 1.82) is 0 Å². The van der Waals surface area contributed by atoms with Crippen molar-refractivity contribution in [3.8, 4) is 0 Å². The Morgan fingerprint density at radius 3 is 2.73 bits per heavy atom. The van der Waals surface area contributed by atoms with E-state index in [1.807, 2.05) is 0 Å². The smallest absolute Gasteiger partial charge is 0.288 e. The number of halogens is 1. The van der Waals surface area contributed by atoms with Gasteiger partial charge in [0.1, 0.15) is 10.7 Å². The first-order valence-electron chi connectivity index (χ1n) is 5.88. The first-order valence-corrected chi connectivity index (χ1v) is 6.26. The summed E-state index contributed by atoms with van der Waals surface area (Å²) in [7, 11) is 1.49. The Hall–Kier alpha value is -2.94. The largest absolute Gasteiger partial charge is 0.364 e. The van der Waals surface area contributed by atoms with Crippen molar-refractivity contribution in [3.63, 3.8) is 0 Å². The summed E-state index contributed by atoms with van der Waals surface area (Å²) in [5.41, 5.74) is 4.94. The molecule has 0 bridgehead atoms. The number of hydrogen-bond acceptors (Lipinski definition) is 5. The minimum absolute atomic E-state index is 0.00961. The Morgan fingerprint density at radius 2 is 2.14 bits per heavy atom. The zero-order valence-corrected chi connectivity index (χ0v) is 12.0. The van der Waals surface area contributed by atoms with E-state index in [9.17, 15) is 19.7 Å². The molecule has 0 aliphatic heterocycles. The molecule has 0 aliphatic rings. The number of amides is 2. The van der Waals surface area contributed by atoms with Gasteiger partial charge in [-0.25, -0.2) is 0 Å². The third-order valence-corrected chi connectivity index (χ3v) is 3.14. The van der Waals surface area contributed by atoms with Gasteiger partial charge in [0.25, 0.3) is 17.5 Å². The van der Waals surface area contributed by atoms with Crippen molar-refractivity contribution in [1.82, 2.24) is 9.78 Å². The molecule has 0 atom stereocenters. The van der Waals surface area contributed by atoms with Crippen LogP contribution in [0.4, 0.5) is 11.4 Å². The number of nitro groups is 1. The van der Waals surface area contributed by atoms with Crippen LogP contribution < -0.4 is 11.1 Å². The predicted molar refractivity (Wildman–Crippen MR) is 77.8 cm³/mol. The molecule has 0 saturated heterocycles. The molecule has 114 valence electrons. The highest BCUT2D eigenvalue weighted by Gasteiger charge is 2.19. The van der Waals surface area contributed by atoms with Crippen LogP contribution in [0.3, 0.4) is 0 Å². The van der Waals surface area contributed by atoms with E-state index in [1.54, 1.807) is 0 Å². The zero-order chi connectivity index (χ0) is 16.4. The monoisotopic (exact) mass is 323 g/mol. The Balaban J connectivity index is 2.32. The summed E-state index contributed by atoms with van der Waals surface area (Å²) in [6.45, 7) is 0. The number of aromatic nitrogens is 2. The normalized spacial score (nSPS) is 10.3. The standard InChI is InChI=1S/C12H10ClN5O4/c1-17-10(11(14)19)8(5-15-17)16-12(20)6-2-3-7(13)9(4-6)18(21)22/h2-5H,1H3,(H2,14,19)(H,16,20). The van der Waals surface area contributed by atoms with Gasteiger partial charge in [0.2, 0.25) is 0 Å². The lowest BCUT2D eigenvalue weighted by atomic mass is 10.2. The molecular formula is C12H10ClN5O4. The number of primary amides is 1. The van der Waals surface area contributed by atoms with E-state index in [2.05, 4.69) is 10.4 Å². The zero-order valence-electron chi connectivity index (χ0n) is 11.2. The number of anilines is 1. The summed E-state index contributed by atoms with van der Waals surface area (Å²) in [5.74, 6) is -1.42. The molecule has 22 heavy (non-hydrogen) atoms. The van der Waals surface area contributed by atoms with Crippen molar-refractivity contribution in [3.05, 3.63) is 50.8 Å². The SMILES string of the molecule is Cn1ncc(NC(=O)c2ccc(Cl)c([N+](=O)[O-])c2)c1C(N)=O. The van der Waals surface area contributed by atoms with Crippen LogP contribution in [-0.4, -0.2) is 26.5 Å². The van der Waals surface area contributed by atoms with Crippen molar-refractivity contribution >= 4 is 34.8 Å². The van der Waals surface area contributed by atoms with Gasteiger partial charge in [0, 0.05) is 18.7 Å². The number of hydrogen-bond donors (Lipinski definition) is 2. The van der Waals surface area contributed by atoms with Crippen molar-refractivity contribution in [2.75, 3.05) is 5.32 Å². The molecule has 3 N–H and O–H groups in total. The number of benzene rings is 1. The molecule has 0 fully saturated rings. The van der Waals surface area contributed by atoms with Crippen molar-refractivity contribution in [2.45, 2.75) is 0 Å². The van der Waals surface area contributed by atoms with Gasteiger partial charge in [0.05, 0.1) is 16.8 Å². The molecule has 0 saturated carbocycles. The molecule has 2 amide bonds. The van der Waals surface area contributed by atoms with Crippen molar-refractivity contribution in [2.24, 2.45) is 12.8 Å². The van der Waals surface area contributed by atoms with Crippen LogP contribution >= 0.6 is 11.6 Å². The fraction of sp³-hybridized carbons (Fsp3) is 0.0833. The number of rotatable bonds is 4. The number of carbonyl (C=O) groups excluding carboxylic acids is 2. The Labute approximate surface area is 128 Å². The molecule has 1 aromatic heterocycles. The van der Waals surface area contributed by atoms with E-state index in [1.165, 1.54) is 30.1 Å². The lowest BCUT2D eigenvalue weighted by Gasteiger charge is -2.05. The lowest BCUT2D eigenvalue weighted by Crippen LogP contribution is -2.20. The second-order valence-electron chi connectivity index (χ2n) is 4.27. The summed E-state index contributed by atoms with van der Waals surface area (Å²) in [4.78, 5) is 33.6. The van der Waals surface area contributed by atoms with Gasteiger partial charge in [-0.2, -0.15) is 5.10 Å². The molecule has 1 aromatic carbocycles. The Kier molecular flexibility index (Phi) is 4.08. The molecule has 2 aromatic rings. The van der Waals surface area contributed by atoms with E-state index in [4.69, 9.17) is 17.3 Å². The number of aryl methyl sites for hydroxylation is 1. The summed E-state index contributed by atoms with van der Waals surface area (Å²) >= 11 is 5.68. The Morgan fingerprint density at radius 1 is 1.45 bits per heavy atom. The highest BCUT2D eigenvalue weighted by atomic mass is 35.5. The maximum Gasteiger partial charge on any atom is 0.288 e. The summed E-state index contributed by atoms with van der Waals surface area (Å²) in [6, 6.07) is 3.61. The maximum atomic E-state index is 12.1. The number of nitrogens with two attached hydrogens (primary N) is 1. The molecule has 0 spiro atoms. The van der Waals surface area contributed by atoms with Crippen LogP contribution in [0.2, 0.25) is 5.02 Å². The van der Waals surface area contributed by atoms with E-state index >= 15 is 0 Å². The highest BCUT2D eigenvalue weighted by Crippen LogP contribution is 2.25. The number of carbonyl (C=O) groups is 2. The van der Waals surface area contributed by atoms with Crippen LogP contribution in [-0.2, 0) is 7.05 Å². The van der Waals surface area contributed by atoms with Crippen LogP contribution in [0.25, 0.3) is 0 Å². The van der Waals surface area contributed by atoms with Gasteiger partial charge < -0.3 is 11.1 Å². The van der Waals surface area contributed by atoms with Crippen LogP contribution in [0.15, 0.2) is 24.4 Å². The summed E-state index contributed by atoms with van der Waals surface area (Å²) < 4.78 is 1.21. The van der Waals surface area contributed by atoms with Gasteiger partial charge in [-0.15, -0.1) is 0 Å². The molecule has 0 radical (unpaired) electrons. The van der Waals surface area contributed by atoms with Gasteiger partial charge >= 0.3 is 0 Å². The molecule has 1 heterocycles. The highest BCUT2D eigenvalue weighted by molar-refractivity contribution is 6.32. The molecule has 10 heteroatoms. The Bertz CT molecular complexity index is 786. The van der Waals surface area contributed by atoms with Gasteiger partial charge in [-0.1, -0.05) is 11.6 Å². The fourth-order valence-electron chi connectivity index (χ4n) is 1.81. The molecule has 0 aliphatic carbocycles. The lowest BCUT2D eigenvalue weighted by molar-refractivity contribution is -0.384. The number of nitrogens with zero attached hydrogens (tertiary/aromatic N) is 3. The third kappa shape index (κ3) is 2.88. The van der Waals surface area contributed by atoms with Crippen LogP contribution in [0.1, 0.15) is 20.8 Å². The fourth-order valence-corrected chi connectivity index (χ4v) is 2.00. The van der Waals surface area contributed by atoms with Crippen molar-refractivity contribution < 1.29 is 14.5 Å². The van der Waals surface area contributed by atoms with Crippen LogP contribution in [0, 0.1) is 10.1 Å². The van der Waals surface area contributed by atoms with E-state index in [-0.39, 0.29) is 22.0 Å².